The first-order chi connectivity index (χ1) is 6.42. The highest BCUT2D eigenvalue weighted by molar-refractivity contribution is 5.20. The van der Waals surface area contributed by atoms with Crippen molar-refractivity contribution in [2.75, 3.05) is 6.61 Å². The third-order valence-corrected chi connectivity index (χ3v) is 3.67. The van der Waals surface area contributed by atoms with E-state index in [1.165, 1.54) is 56.9 Å². The third kappa shape index (κ3) is 1.96. The highest BCUT2D eigenvalue weighted by atomic mass is 16.3. The van der Waals surface area contributed by atoms with Gasteiger partial charge in [-0.2, -0.15) is 0 Å². The molecular formula is C12H20O. The molecule has 13 heavy (non-hydrogen) atoms. The van der Waals surface area contributed by atoms with Gasteiger partial charge in [-0.05, 0) is 50.0 Å². The largest absolute Gasteiger partial charge is 0.392 e. The van der Waals surface area contributed by atoms with Crippen LogP contribution < -0.4 is 0 Å². The van der Waals surface area contributed by atoms with Crippen LogP contribution in [0.1, 0.15) is 51.4 Å². The Morgan fingerprint density at radius 2 is 1.69 bits per heavy atom. The Hall–Kier alpha value is -0.300. The molecule has 0 atom stereocenters. The smallest absolute Gasteiger partial charge is 0.0644 e. The summed E-state index contributed by atoms with van der Waals surface area (Å²) in [4.78, 5) is 0. The summed E-state index contributed by atoms with van der Waals surface area (Å²) in [6.45, 7) is 0.325. The first-order valence-corrected chi connectivity index (χ1v) is 5.73. The van der Waals surface area contributed by atoms with Crippen LogP contribution in [0.25, 0.3) is 0 Å². The maximum Gasteiger partial charge on any atom is 0.0644 e. The Bertz CT molecular complexity index is 199. The zero-order valence-corrected chi connectivity index (χ0v) is 8.39. The lowest BCUT2D eigenvalue weighted by atomic mass is 9.83. The highest BCUT2D eigenvalue weighted by Gasteiger charge is 2.23. The summed E-state index contributed by atoms with van der Waals surface area (Å²) in [6, 6.07) is 0. The average Bonchev–Trinajstić information content (AvgIpc) is 2.70. The fourth-order valence-electron chi connectivity index (χ4n) is 2.94. The SMILES string of the molecule is OCC1=C(C2CCCC2)CCCC1. The first kappa shape index (κ1) is 9.26. The van der Waals surface area contributed by atoms with Crippen molar-refractivity contribution in [3.63, 3.8) is 0 Å². The van der Waals surface area contributed by atoms with E-state index in [1.807, 2.05) is 0 Å². The van der Waals surface area contributed by atoms with Crippen molar-refractivity contribution in [1.29, 1.82) is 0 Å². The molecule has 0 saturated heterocycles. The van der Waals surface area contributed by atoms with Crippen LogP contribution >= 0.6 is 0 Å². The number of rotatable bonds is 2. The molecule has 0 aromatic carbocycles. The monoisotopic (exact) mass is 180 g/mol. The van der Waals surface area contributed by atoms with E-state index < -0.39 is 0 Å². The van der Waals surface area contributed by atoms with Crippen molar-refractivity contribution in [1.82, 2.24) is 0 Å². The van der Waals surface area contributed by atoms with E-state index in [-0.39, 0.29) is 0 Å². The van der Waals surface area contributed by atoms with Crippen molar-refractivity contribution < 1.29 is 5.11 Å². The van der Waals surface area contributed by atoms with Gasteiger partial charge in [0.25, 0.3) is 0 Å². The van der Waals surface area contributed by atoms with Crippen molar-refractivity contribution in [3.8, 4) is 0 Å². The predicted molar refractivity (Wildman–Crippen MR) is 54.5 cm³/mol. The zero-order chi connectivity index (χ0) is 9.10. The molecule has 0 bridgehead atoms. The van der Waals surface area contributed by atoms with E-state index in [1.54, 1.807) is 5.57 Å². The van der Waals surface area contributed by atoms with Crippen LogP contribution in [0.5, 0.6) is 0 Å². The van der Waals surface area contributed by atoms with Gasteiger partial charge in [0.05, 0.1) is 6.61 Å². The van der Waals surface area contributed by atoms with E-state index in [0.29, 0.717) is 6.61 Å². The number of allylic oxidation sites excluding steroid dienone is 1. The molecule has 2 aliphatic rings. The molecule has 74 valence electrons. The molecule has 0 aliphatic heterocycles. The van der Waals surface area contributed by atoms with Gasteiger partial charge in [0.1, 0.15) is 0 Å². The molecule has 1 heteroatoms. The fourth-order valence-corrected chi connectivity index (χ4v) is 2.94. The maximum atomic E-state index is 9.26. The molecule has 0 aromatic rings. The fraction of sp³-hybridized carbons (Fsp3) is 0.833. The molecule has 0 spiro atoms. The predicted octanol–water partition coefficient (Wildman–Crippen LogP) is 3.04. The lowest BCUT2D eigenvalue weighted by Crippen LogP contribution is -2.10. The molecule has 0 unspecified atom stereocenters. The Morgan fingerprint density at radius 1 is 1.00 bits per heavy atom. The molecule has 0 radical (unpaired) electrons. The Morgan fingerprint density at radius 3 is 2.38 bits per heavy atom. The van der Waals surface area contributed by atoms with Gasteiger partial charge < -0.3 is 5.11 Å². The molecule has 1 N–H and O–H groups in total. The summed E-state index contributed by atoms with van der Waals surface area (Å²) in [6.07, 6.45) is 10.7. The lowest BCUT2D eigenvalue weighted by molar-refractivity contribution is 0.317. The van der Waals surface area contributed by atoms with Crippen LogP contribution in [-0.2, 0) is 0 Å². The Kier molecular flexibility index (Phi) is 3.05. The molecular weight excluding hydrogens is 160 g/mol. The van der Waals surface area contributed by atoms with E-state index >= 15 is 0 Å². The second kappa shape index (κ2) is 4.28. The third-order valence-electron chi connectivity index (χ3n) is 3.67. The minimum absolute atomic E-state index is 0.325. The summed E-state index contributed by atoms with van der Waals surface area (Å²) in [5.41, 5.74) is 3.03. The van der Waals surface area contributed by atoms with Gasteiger partial charge in [0.15, 0.2) is 0 Å². The molecule has 1 saturated carbocycles. The number of hydrogen-bond donors (Lipinski definition) is 1. The number of hydrogen-bond acceptors (Lipinski definition) is 1. The van der Waals surface area contributed by atoms with Crippen molar-refractivity contribution in [2.45, 2.75) is 51.4 Å². The molecule has 0 aromatic heterocycles. The Labute approximate surface area is 80.8 Å². The molecule has 2 rings (SSSR count). The average molecular weight is 180 g/mol. The normalized spacial score (nSPS) is 25.6. The zero-order valence-electron chi connectivity index (χ0n) is 8.39. The summed E-state index contributed by atoms with van der Waals surface area (Å²) in [5.74, 6) is 0.849. The second-order valence-corrected chi connectivity index (χ2v) is 4.48. The van der Waals surface area contributed by atoms with Gasteiger partial charge in [0.2, 0.25) is 0 Å². The van der Waals surface area contributed by atoms with Crippen LogP contribution in [-0.4, -0.2) is 11.7 Å². The van der Waals surface area contributed by atoms with Crippen LogP contribution in [0.15, 0.2) is 11.1 Å². The molecule has 0 heterocycles. The molecule has 2 aliphatic carbocycles. The number of aliphatic hydroxyl groups excluding tert-OH is 1. The molecule has 0 amide bonds. The van der Waals surface area contributed by atoms with Gasteiger partial charge in [-0.25, -0.2) is 0 Å². The highest BCUT2D eigenvalue weighted by Crippen LogP contribution is 2.38. The van der Waals surface area contributed by atoms with Crippen LogP contribution in [0.2, 0.25) is 0 Å². The minimum atomic E-state index is 0.325. The van der Waals surface area contributed by atoms with Crippen molar-refractivity contribution >= 4 is 0 Å². The first-order valence-electron chi connectivity index (χ1n) is 5.73. The van der Waals surface area contributed by atoms with Gasteiger partial charge in [-0.1, -0.05) is 18.4 Å². The van der Waals surface area contributed by atoms with Crippen LogP contribution in [0.3, 0.4) is 0 Å². The van der Waals surface area contributed by atoms with Crippen LogP contribution in [0, 0.1) is 5.92 Å². The van der Waals surface area contributed by atoms with E-state index in [9.17, 15) is 5.11 Å². The maximum absolute atomic E-state index is 9.26. The van der Waals surface area contributed by atoms with Gasteiger partial charge >= 0.3 is 0 Å². The van der Waals surface area contributed by atoms with E-state index in [0.717, 1.165) is 5.92 Å². The molecule has 1 nitrogen and oxygen atoms in total. The quantitative estimate of drug-likeness (QED) is 0.648. The standard InChI is InChI=1S/C12H20O/c13-9-11-7-3-4-8-12(11)10-5-1-2-6-10/h10,13H,1-9H2. The van der Waals surface area contributed by atoms with Gasteiger partial charge in [-0.15, -0.1) is 0 Å². The van der Waals surface area contributed by atoms with Crippen molar-refractivity contribution in [2.24, 2.45) is 5.92 Å². The summed E-state index contributed by atoms with van der Waals surface area (Å²) in [5, 5.41) is 9.26. The van der Waals surface area contributed by atoms with Crippen molar-refractivity contribution in [3.05, 3.63) is 11.1 Å². The van der Waals surface area contributed by atoms with E-state index in [2.05, 4.69) is 0 Å². The van der Waals surface area contributed by atoms with Gasteiger partial charge in [-0.3, -0.25) is 0 Å². The molecule has 1 fully saturated rings. The minimum Gasteiger partial charge on any atom is -0.392 e. The number of aliphatic hydroxyl groups is 1. The second-order valence-electron chi connectivity index (χ2n) is 4.48. The lowest BCUT2D eigenvalue weighted by Gasteiger charge is -2.23. The summed E-state index contributed by atoms with van der Waals surface area (Å²) in [7, 11) is 0. The topological polar surface area (TPSA) is 20.2 Å². The summed E-state index contributed by atoms with van der Waals surface area (Å²) >= 11 is 0. The Balaban J connectivity index is 2.11. The van der Waals surface area contributed by atoms with Crippen LogP contribution in [0.4, 0.5) is 0 Å². The van der Waals surface area contributed by atoms with E-state index in [4.69, 9.17) is 0 Å². The summed E-state index contributed by atoms with van der Waals surface area (Å²) < 4.78 is 0. The van der Waals surface area contributed by atoms with Gasteiger partial charge in [0, 0.05) is 0 Å².